The van der Waals surface area contributed by atoms with Crippen LogP contribution in [0.4, 0.5) is 0 Å². The summed E-state index contributed by atoms with van der Waals surface area (Å²) in [5.41, 5.74) is 7.55. The number of hydrogen-bond donors (Lipinski definition) is 2. The number of amides is 1. The molecule has 1 unspecified atom stereocenters. The molecule has 124 valence electrons. The summed E-state index contributed by atoms with van der Waals surface area (Å²) in [6, 6.07) is 10.3. The SMILES string of the molecule is CC(C)CNC(=O)C(C)N1C[C@@H](N)[C@H](c2ccccc2)C1.Cl. The lowest BCUT2D eigenvalue weighted by Crippen LogP contribution is -2.45. The minimum atomic E-state index is -0.122. The van der Waals surface area contributed by atoms with Crippen molar-refractivity contribution in [1.82, 2.24) is 10.2 Å². The summed E-state index contributed by atoms with van der Waals surface area (Å²) in [7, 11) is 0. The van der Waals surface area contributed by atoms with Gasteiger partial charge in [0.15, 0.2) is 0 Å². The first-order valence-electron chi connectivity index (χ1n) is 7.81. The average Bonchev–Trinajstić information content (AvgIpc) is 2.86. The normalized spacial score (nSPS) is 23.1. The molecule has 2 rings (SSSR count). The Morgan fingerprint density at radius 2 is 1.91 bits per heavy atom. The first-order chi connectivity index (χ1) is 9.99. The van der Waals surface area contributed by atoms with Gasteiger partial charge in [-0.25, -0.2) is 0 Å². The van der Waals surface area contributed by atoms with E-state index in [-0.39, 0.29) is 30.4 Å². The maximum atomic E-state index is 12.2. The van der Waals surface area contributed by atoms with E-state index in [2.05, 4.69) is 36.2 Å². The third-order valence-electron chi connectivity index (χ3n) is 4.23. The molecule has 1 fully saturated rings. The highest BCUT2D eigenvalue weighted by atomic mass is 35.5. The van der Waals surface area contributed by atoms with Crippen LogP contribution in [0.15, 0.2) is 30.3 Å². The minimum Gasteiger partial charge on any atom is -0.354 e. The Morgan fingerprint density at radius 3 is 2.50 bits per heavy atom. The van der Waals surface area contributed by atoms with Crippen molar-refractivity contribution in [2.24, 2.45) is 11.7 Å². The highest BCUT2D eigenvalue weighted by molar-refractivity contribution is 5.85. The fraction of sp³-hybridized carbons (Fsp3) is 0.588. The van der Waals surface area contributed by atoms with Crippen molar-refractivity contribution in [3.8, 4) is 0 Å². The summed E-state index contributed by atoms with van der Waals surface area (Å²) in [6.45, 7) is 8.52. The van der Waals surface area contributed by atoms with E-state index in [1.807, 2.05) is 25.1 Å². The molecule has 4 nitrogen and oxygen atoms in total. The molecule has 0 bridgehead atoms. The summed E-state index contributed by atoms with van der Waals surface area (Å²) >= 11 is 0. The van der Waals surface area contributed by atoms with Crippen LogP contribution < -0.4 is 11.1 Å². The average molecular weight is 326 g/mol. The second kappa shape index (κ2) is 8.51. The molecule has 1 saturated heterocycles. The summed E-state index contributed by atoms with van der Waals surface area (Å²) in [4.78, 5) is 14.4. The second-order valence-corrected chi connectivity index (χ2v) is 6.45. The van der Waals surface area contributed by atoms with Gasteiger partial charge in [-0.15, -0.1) is 12.4 Å². The lowest BCUT2D eigenvalue weighted by Gasteiger charge is -2.23. The molecule has 0 aromatic heterocycles. The molecule has 0 aliphatic carbocycles. The number of nitrogens with two attached hydrogens (primary N) is 1. The predicted molar refractivity (Wildman–Crippen MR) is 93.3 cm³/mol. The zero-order valence-electron chi connectivity index (χ0n) is 13.7. The minimum absolute atomic E-state index is 0. The van der Waals surface area contributed by atoms with Crippen molar-refractivity contribution in [2.45, 2.75) is 38.8 Å². The summed E-state index contributed by atoms with van der Waals surface area (Å²) < 4.78 is 0. The van der Waals surface area contributed by atoms with Gasteiger partial charge >= 0.3 is 0 Å². The maximum Gasteiger partial charge on any atom is 0.237 e. The molecule has 1 aromatic carbocycles. The summed E-state index contributed by atoms with van der Waals surface area (Å²) in [5, 5.41) is 3.01. The molecule has 1 aliphatic rings. The molecule has 3 N–H and O–H groups in total. The lowest BCUT2D eigenvalue weighted by atomic mass is 9.95. The molecule has 1 aliphatic heterocycles. The van der Waals surface area contributed by atoms with Gasteiger partial charge in [0.05, 0.1) is 6.04 Å². The van der Waals surface area contributed by atoms with Gasteiger partial charge in [-0.05, 0) is 18.4 Å². The van der Waals surface area contributed by atoms with Crippen molar-refractivity contribution >= 4 is 18.3 Å². The van der Waals surface area contributed by atoms with E-state index >= 15 is 0 Å². The maximum absolute atomic E-state index is 12.2. The van der Waals surface area contributed by atoms with Gasteiger partial charge in [-0.1, -0.05) is 44.2 Å². The van der Waals surface area contributed by atoms with Gasteiger partial charge in [0, 0.05) is 31.6 Å². The third kappa shape index (κ3) is 4.70. The van der Waals surface area contributed by atoms with Crippen molar-refractivity contribution in [3.05, 3.63) is 35.9 Å². The van der Waals surface area contributed by atoms with Gasteiger partial charge in [-0.2, -0.15) is 0 Å². The summed E-state index contributed by atoms with van der Waals surface area (Å²) in [5.74, 6) is 0.884. The highest BCUT2D eigenvalue weighted by Gasteiger charge is 2.35. The largest absolute Gasteiger partial charge is 0.354 e. The van der Waals surface area contributed by atoms with Crippen LogP contribution in [-0.4, -0.2) is 42.5 Å². The smallest absolute Gasteiger partial charge is 0.237 e. The molecule has 1 amide bonds. The highest BCUT2D eigenvalue weighted by Crippen LogP contribution is 2.27. The number of nitrogens with one attached hydrogen (secondary N) is 1. The van der Waals surface area contributed by atoms with E-state index in [0.29, 0.717) is 11.8 Å². The number of benzene rings is 1. The Kier molecular flexibility index (Phi) is 7.33. The Hall–Kier alpha value is -1.10. The molecule has 0 spiro atoms. The Labute approximate surface area is 139 Å². The number of nitrogens with zero attached hydrogens (tertiary/aromatic N) is 1. The van der Waals surface area contributed by atoms with Crippen LogP contribution in [-0.2, 0) is 4.79 Å². The van der Waals surface area contributed by atoms with Crippen LogP contribution in [0.25, 0.3) is 0 Å². The molecular weight excluding hydrogens is 298 g/mol. The predicted octanol–water partition coefficient (Wildman–Crippen LogP) is 2.00. The van der Waals surface area contributed by atoms with Gasteiger partial charge < -0.3 is 11.1 Å². The van der Waals surface area contributed by atoms with Crippen LogP contribution in [0.1, 0.15) is 32.3 Å². The van der Waals surface area contributed by atoms with Crippen molar-refractivity contribution < 1.29 is 4.79 Å². The zero-order chi connectivity index (χ0) is 15.4. The monoisotopic (exact) mass is 325 g/mol. The van der Waals surface area contributed by atoms with E-state index in [0.717, 1.165) is 19.6 Å². The van der Waals surface area contributed by atoms with Crippen LogP contribution in [0.2, 0.25) is 0 Å². The Morgan fingerprint density at radius 1 is 1.27 bits per heavy atom. The van der Waals surface area contributed by atoms with Gasteiger partial charge in [0.2, 0.25) is 5.91 Å². The van der Waals surface area contributed by atoms with Crippen molar-refractivity contribution in [3.63, 3.8) is 0 Å². The van der Waals surface area contributed by atoms with Crippen LogP contribution >= 0.6 is 12.4 Å². The van der Waals surface area contributed by atoms with Crippen molar-refractivity contribution in [2.75, 3.05) is 19.6 Å². The molecule has 1 heterocycles. The number of carbonyl (C=O) groups is 1. The number of carbonyl (C=O) groups excluding carboxylic acids is 1. The molecular formula is C17H28ClN3O. The number of hydrogen-bond acceptors (Lipinski definition) is 3. The van der Waals surface area contributed by atoms with E-state index in [1.165, 1.54) is 5.56 Å². The van der Waals surface area contributed by atoms with Crippen molar-refractivity contribution in [1.29, 1.82) is 0 Å². The van der Waals surface area contributed by atoms with Gasteiger partial charge in [0.1, 0.15) is 0 Å². The first-order valence-corrected chi connectivity index (χ1v) is 7.81. The first kappa shape index (κ1) is 18.9. The number of halogens is 1. The lowest BCUT2D eigenvalue weighted by molar-refractivity contribution is -0.125. The summed E-state index contributed by atoms with van der Waals surface area (Å²) in [6.07, 6.45) is 0. The zero-order valence-corrected chi connectivity index (χ0v) is 14.5. The fourth-order valence-electron chi connectivity index (χ4n) is 2.85. The topological polar surface area (TPSA) is 58.4 Å². The third-order valence-corrected chi connectivity index (χ3v) is 4.23. The van der Waals surface area contributed by atoms with E-state index in [4.69, 9.17) is 5.73 Å². The van der Waals surface area contributed by atoms with E-state index < -0.39 is 0 Å². The second-order valence-electron chi connectivity index (χ2n) is 6.45. The van der Waals surface area contributed by atoms with Gasteiger partial charge in [0.25, 0.3) is 0 Å². The van der Waals surface area contributed by atoms with Crippen LogP contribution in [0, 0.1) is 5.92 Å². The molecule has 0 radical (unpaired) electrons. The molecule has 3 atom stereocenters. The number of rotatable bonds is 5. The number of likely N-dealkylation sites (tertiary alicyclic amines) is 1. The molecule has 1 aromatic rings. The standard InChI is InChI=1S/C17H27N3O.ClH/c1-12(2)9-19-17(21)13(3)20-10-15(16(18)11-20)14-7-5-4-6-8-14;/h4-8,12-13,15-16H,9-11,18H2,1-3H3,(H,19,21);1H/t13?,15-,16+;/m0./s1. The quantitative estimate of drug-likeness (QED) is 0.870. The molecule has 0 saturated carbocycles. The van der Waals surface area contributed by atoms with Crippen LogP contribution in [0.5, 0.6) is 0 Å². The molecule has 5 heteroatoms. The van der Waals surface area contributed by atoms with Crippen LogP contribution in [0.3, 0.4) is 0 Å². The van der Waals surface area contributed by atoms with Gasteiger partial charge in [-0.3, -0.25) is 9.69 Å². The Bertz CT molecular complexity index is 466. The Balaban J connectivity index is 0.00000242. The van der Waals surface area contributed by atoms with E-state index in [1.54, 1.807) is 0 Å². The van der Waals surface area contributed by atoms with E-state index in [9.17, 15) is 4.79 Å². The fourth-order valence-corrected chi connectivity index (χ4v) is 2.85. The molecule has 22 heavy (non-hydrogen) atoms.